The Morgan fingerprint density at radius 1 is 1.38 bits per heavy atom. The van der Waals surface area contributed by atoms with Crippen molar-refractivity contribution in [3.8, 4) is 0 Å². The van der Waals surface area contributed by atoms with Gasteiger partial charge in [0.05, 0.1) is 23.8 Å². The van der Waals surface area contributed by atoms with E-state index in [-0.39, 0.29) is 5.91 Å². The van der Waals surface area contributed by atoms with Gasteiger partial charge >= 0.3 is 0 Å². The molecular formula is C14H16N4O2S. The van der Waals surface area contributed by atoms with Gasteiger partial charge in [0.25, 0.3) is 5.91 Å². The van der Waals surface area contributed by atoms with Crippen LogP contribution in [-0.2, 0) is 30.7 Å². The van der Waals surface area contributed by atoms with Gasteiger partial charge in [0.15, 0.2) is 10.8 Å². The van der Waals surface area contributed by atoms with Gasteiger partial charge in [-0.3, -0.25) is 14.8 Å². The van der Waals surface area contributed by atoms with Crippen LogP contribution in [0.4, 0.5) is 5.13 Å². The Morgan fingerprint density at radius 3 is 3.19 bits per heavy atom. The third-order valence-electron chi connectivity index (χ3n) is 3.86. The van der Waals surface area contributed by atoms with E-state index in [2.05, 4.69) is 15.4 Å². The zero-order chi connectivity index (χ0) is 14.2. The lowest BCUT2D eigenvalue weighted by Crippen LogP contribution is -2.14. The third kappa shape index (κ3) is 2.47. The number of carbonyl (C=O) groups is 1. The summed E-state index contributed by atoms with van der Waals surface area (Å²) < 4.78 is 7.34. The molecule has 2 aromatic rings. The van der Waals surface area contributed by atoms with Crippen LogP contribution in [-0.4, -0.2) is 27.3 Å². The maximum absolute atomic E-state index is 12.3. The maximum atomic E-state index is 12.3. The first kappa shape index (κ1) is 13.0. The Labute approximate surface area is 126 Å². The SMILES string of the molecule is O=C(Nc1nc2c(s1)COCC2)c1cc2n(n1)CCCC2. The summed E-state index contributed by atoms with van der Waals surface area (Å²) in [5.74, 6) is -0.177. The summed E-state index contributed by atoms with van der Waals surface area (Å²) in [6, 6.07) is 1.89. The van der Waals surface area contributed by atoms with E-state index in [1.807, 2.05) is 10.7 Å². The molecule has 1 N–H and O–H groups in total. The molecule has 0 atom stereocenters. The minimum absolute atomic E-state index is 0.177. The van der Waals surface area contributed by atoms with Crippen LogP contribution in [0.5, 0.6) is 0 Å². The summed E-state index contributed by atoms with van der Waals surface area (Å²) in [5.41, 5.74) is 2.68. The quantitative estimate of drug-likeness (QED) is 0.921. The lowest BCUT2D eigenvalue weighted by Gasteiger charge is -2.11. The number of aromatic nitrogens is 3. The number of nitrogens with one attached hydrogen (secondary N) is 1. The molecule has 0 radical (unpaired) electrons. The Bertz CT molecular complexity index is 644. The minimum atomic E-state index is -0.177. The average molecular weight is 304 g/mol. The predicted molar refractivity (Wildman–Crippen MR) is 78.6 cm³/mol. The van der Waals surface area contributed by atoms with Crippen LogP contribution in [0.3, 0.4) is 0 Å². The summed E-state index contributed by atoms with van der Waals surface area (Å²) in [6.07, 6.45) is 4.13. The van der Waals surface area contributed by atoms with E-state index >= 15 is 0 Å². The molecule has 0 bridgehead atoms. The number of fused-ring (bicyclic) bond motifs is 2. The van der Waals surface area contributed by atoms with Crippen molar-refractivity contribution in [2.75, 3.05) is 11.9 Å². The van der Waals surface area contributed by atoms with E-state index in [4.69, 9.17) is 4.74 Å². The number of hydrogen-bond donors (Lipinski definition) is 1. The van der Waals surface area contributed by atoms with Gasteiger partial charge in [0.2, 0.25) is 0 Å². The molecule has 0 fully saturated rings. The molecule has 2 aromatic heterocycles. The molecule has 4 heterocycles. The summed E-state index contributed by atoms with van der Waals surface area (Å²) >= 11 is 1.49. The number of nitrogens with zero attached hydrogens (tertiary/aromatic N) is 3. The lowest BCUT2D eigenvalue weighted by atomic mass is 10.1. The summed E-state index contributed by atoms with van der Waals surface area (Å²) in [5, 5.41) is 7.89. The van der Waals surface area contributed by atoms with Crippen molar-refractivity contribution in [3.05, 3.63) is 28.0 Å². The normalized spacial score (nSPS) is 17.1. The number of hydrogen-bond acceptors (Lipinski definition) is 5. The van der Waals surface area contributed by atoms with Crippen molar-refractivity contribution in [1.29, 1.82) is 0 Å². The van der Waals surface area contributed by atoms with E-state index < -0.39 is 0 Å². The molecule has 0 saturated heterocycles. The van der Waals surface area contributed by atoms with Crippen molar-refractivity contribution in [1.82, 2.24) is 14.8 Å². The van der Waals surface area contributed by atoms with Gasteiger partial charge in [-0.15, -0.1) is 0 Å². The predicted octanol–water partition coefficient (Wildman–Crippen LogP) is 2.00. The summed E-state index contributed by atoms with van der Waals surface area (Å²) in [4.78, 5) is 17.9. The maximum Gasteiger partial charge on any atom is 0.277 e. The second-order valence-electron chi connectivity index (χ2n) is 5.35. The Morgan fingerprint density at radius 2 is 2.33 bits per heavy atom. The fourth-order valence-corrected chi connectivity index (χ4v) is 3.71. The number of aryl methyl sites for hydroxylation is 2. The second-order valence-corrected chi connectivity index (χ2v) is 6.43. The van der Waals surface area contributed by atoms with E-state index in [1.54, 1.807) is 0 Å². The number of ether oxygens (including phenoxy) is 1. The van der Waals surface area contributed by atoms with Crippen LogP contribution < -0.4 is 5.32 Å². The van der Waals surface area contributed by atoms with Gasteiger partial charge in [-0.05, 0) is 25.3 Å². The van der Waals surface area contributed by atoms with Gasteiger partial charge in [0, 0.05) is 18.7 Å². The monoisotopic (exact) mass is 304 g/mol. The minimum Gasteiger partial charge on any atom is -0.375 e. The van der Waals surface area contributed by atoms with Gasteiger partial charge in [0.1, 0.15) is 0 Å². The molecule has 21 heavy (non-hydrogen) atoms. The molecule has 0 unspecified atom stereocenters. The van der Waals surface area contributed by atoms with Crippen LogP contribution in [0.1, 0.15) is 39.6 Å². The van der Waals surface area contributed by atoms with Gasteiger partial charge in [-0.1, -0.05) is 11.3 Å². The molecule has 7 heteroatoms. The van der Waals surface area contributed by atoms with Crippen molar-refractivity contribution in [2.24, 2.45) is 0 Å². The zero-order valence-corrected chi connectivity index (χ0v) is 12.4. The van der Waals surface area contributed by atoms with E-state index in [9.17, 15) is 4.79 Å². The zero-order valence-electron chi connectivity index (χ0n) is 11.6. The molecule has 6 nitrogen and oxygen atoms in total. The number of rotatable bonds is 2. The van der Waals surface area contributed by atoms with Crippen molar-refractivity contribution in [3.63, 3.8) is 0 Å². The highest BCUT2D eigenvalue weighted by atomic mass is 32.1. The first-order valence-corrected chi connectivity index (χ1v) is 8.05. The number of carbonyl (C=O) groups excluding carboxylic acids is 1. The fraction of sp³-hybridized carbons (Fsp3) is 0.500. The third-order valence-corrected chi connectivity index (χ3v) is 4.85. The number of amides is 1. The number of anilines is 1. The summed E-state index contributed by atoms with van der Waals surface area (Å²) in [6.45, 7) is 2.21. The Kier molecular flexibility index (Phi) is 3.23. The molecule has 4 rings (SSSR count). The van der Waals surface area contributed by atoms with Crippen LogP contribution >= 0.6 is 11.3 Å². The molecule has 2 aliphatic rings. The van der Waals surface area contributed by atoms with Gasteiger partial charge in [-0.2, -0.15) is 5.10 Å². The van der Waals surface area contributed by atoms with Gasteiger partial charge < -0.3 is 4.74 Å². The molecule has 2 aliphatic heterocycles. The number of thiazole rings is 1. The van der Waals surface area contributed by atoms with Crippen molar-refractivity contribution < 1.29 is 9.53 Å². The van der Waals surface area contributed by atoms with E-state index in [0.717, 1.165) is 42.1 Å². The average Bonchev–Trinajstić information content (AvgIpc) is 3.10. The van der Waals surface area contributed by atoms with Crippen LogP contribution in [0.15, 0.2) is 6.07 Å². The standard InChI is InChI=1S/C14H16N4O2S/c19-13(11-7-9-3-1-2-5-18(9)17-11)16-14-15-10-4-6-20-8-12(10)21-14/h7H,1-6,8H2,(H,15,16,19). The van der Waals surface area contributed by atoms with Gasteiger partial charge in [-0.25, -0.2) is 4.98 Å². The van der Waals surface area contributed by atoms with E-state index in [1.165, 1.54) is 17.8 Å². The molecule has 0 aromatic carbocycles. The molecular weight excluding hydrogens is 288 g/mol. The largest absolute Gasteiger partial charge is 0.375 e. The van der Waals surface area contributed by atoms with Crippen LogP contribution in [0, 0.1) is 0 Å². The second kappa shape index (κ2) is 5.23. The van der Waals surface area contributed by atoms with E-state index in [0.29, 0.717) is 24.0 Å². The Balaban J connectivity index is 1.52. The highest BCUT2D eigenvalue weighted by Gasteiger charge is 2.20. The smallest absolute Gasteiger partial charge is 0.277 e. The molecule has 0 saturated carbocycles. The van der Waals surface area contributed by atoms with Crippen molar-refractivity contribution in [2.45, 2.75) is 38.8 Å². The Hall–Kier alpha value is -1.73. The van der Waals surface area contributed by atoms with Crippen LogP contribution in [0.2, 0.25) is 0 Å². The first-order chi connectivity index (χ1) is 10.3. The summed E-state index contributed by atoms with van der Waals surface area (Å²) in [7, 11) is 0. The molecule has 110 valence electrons. The molecule has 0 aliphatic carbocycles. The highest BCUT2D eigenvalue weighted by molar-refractivity contribution is 7.15. The highest BCUT2D eigenvalue weighted by Crippen LogP contribution is 2.27. The molecule has 1 amide bonds. The lowest BCUT2D eigenvalue weighted by molar-refractivity contribution is 0.102. The molecule has 0 spiro atoms. The van der Waals surface area contributed by atoms with Crippen molar-refractivity contribution >= 4 is 22.4 Å². The van der Waals surface area contributed by atoms with Crippen LogP contribution in [0.25, 0.3) is 0 Å². The topological polar surface area (TPSA) is 69.0 Å². The fourth-order valence-electron chi connectivity index (χ4n) is 2.77. The first-order valence-electron chi connectivity index (χ1n) is 7.24.